The highest BCUT2D eigenvalue weighted by Gasteiger charge is 2.30. The second-order valence-electron chi connectivity index (χ2n) is 5.14. The van der Waals surface area contributed by atoms with Crippen molar-refractivity contribution < 1.29 is 17.9 Å². The van der Waals surface area contributed by atoms with Gasteiger partial charge in [0.05, 0.1) is 0 Å². The number of alkyl halides is 3. The molecule has 0 bridgehead atoms. The predicted octanol–water partition coefficient (Wildman–Crippen LogP) is 4.15. The van der Waals surface area contributed by atoms with Crippen LogP contribution in [-0.4, -0.2) is 18.9 Å². The Balaban J connectivity index is 2.52. The highest BCUT2D eigenvalue weighted by atomic mass is 19.4. The molecule has 1 rings (SSSR count). The molecule has 20 heavy (non-hydrogen) atoms. The van der Waals surface area contributed by atoms with Crippen LogP contribution in [0.5, 0.6) is 5.75 Å². The Morgan fingerprint density at radius 1 is 1.15 bits per heavy atom. The van der Waals surface area contributed by atoms with E-state index in [1.165, 1.54) is 12.1 Å². The van der Waals surface area contributed by atoms with Crippen LogP contribution in [0.15, 0.2) is 24.3 Å². The first-order valence-corrected chi connectivity index (χ1v) is 6.90. The topological polar surface area (TPSA) is 21.3 Å². The number of nitrogens with one attached hydrogen (secondary N) is 1. The molecule has 0 fully saturated rings. The lowest BCUT2D eigenvalue weighted by molar-refractivity contribution is -0.274. The summed E-state index contributed by atoms with van der Waals surface area (Å²) in [6, 6.07) is 6.52. The van der Waals surface area contributed by atoms with Gasteiger partial charge in [-0.15, -0.1) is 13.2 Å². The van der Waals surface area contributed by atoms with Gasteiger partial charge in [0, 0.05) is 6.04 Å². The summed E-state index contributed by atoms with van der Waals surface area (Å²) in [5.41, 5.74) is 1.02. The van der Waals surface area contributed by atoms with E-state index in [9.17, 15) is 13.2 Å². The van der Waals surface area contributed by atoms with Crippen molar-refractivity contribution in [1.29, 1.82) is 0 Å². The van der Waals surface area contributed by atoms with Crippen LogP contribution >= 0.6 is 0 Å². The van der Waals surface area contributed by atoms with E-state index in [4.69, 9.17) is 0 Å². The second-order valence-corrected chi connectivity index (χ2v) is 5.14. The molecule has 0 aliphatic carbocycles. The lowest BCUT2D eigenvalue weighted by Gasteiger charge is -2.21. The second kappa shape index (κ2) is 7.53. The first-order valence-electron chi connectivity index (χ1n) is 6.90. The summed E-state index contributed by atoms with van der Waals surface area (Å²) >= 11 is 0. The molecule has 0 saturated carbocycles. The van der Waals surface area contributed by atoms with Crippen LogP contribution in [0.25, 0.3) is 0 Å². The van der Waals surface area contributed by atoms with E-state index in [-0.39, 0.29) is 5.75 Å². The minimum Gasteiger partial charge on any atom is -0.406 e. The minimum atomic E-state index is -4.63. The fraction of sp³-hybridized carbons (Fsp3) is 0.600. The minimum absolute atomic E-state index is 0.173. The van der Waals surface area contributed by atoms with E-state index in [0.717, 1.165) is 24.9 Å². The molecule has 1 atom stereocenters. The van der Waals surface area contributed by atoms with Gasteiger partial charge in [-0.05, 0) is 43.0 Å². The van der Waals surface area contributed by atoms with Crippen LogP contribution < -0.4 is 10.1 Å². The lowest BCUT2D eigenvalue weighted by Crippen LogP contribution is -2.34. The molecule has 1 aromatic carbocycles. The lowest BCUT2D eigenvalue weighted by atomic mass is 9.96. The molecule has 1 N–H and O–H groups in total. The summed E-state index contributed by atoms with van der Waals surface area (Å²) in [6.07, 6.45) is -2.83. The fourth-order valence-corrected chi connectivity index (χ4v) is 2.11. The van der Waals surface area contributed by atoms with Crippen molar-refractivity contribution in [1.82, 2.24) is 5.32 Å². The van der Waals surface area contributed by atoms with Crippen LogP contribution in [-0.2, 0) is 6.42 Å². The molecule has 0 amide bonds. The van der Waals surface area contributed by atoms with Gasteiger partial charge >= 0.3 is 6.36 Å². The van der Waals surface area contributed by atoms with E-state index >= 15 is 0 Å². The van der Waals surface area contributed by atoms with Crippen molar-refractivity contribution in [3.63, 3.8) is 0 Å². The quantitative estimate of drug-likeness (QED) is 0.814. The third-order valence-electron chi connectivity index (χ3n) is 3.17. The van der Waals surface area contributed by atoms with Crippen molar-refractivity contribution in [2.24, 2.45) is 5.92 Å². The van der Waals surface area contributed by atoms with Crippen LogP contribution in [0.1, 0.15) is 32.8 Å². The molecule has 114 valence electrons. The first kappa shape index (κ1) is 16.8. The van der Waals surface area contributed by atoms with Gasteiger partial charge < -0.3 is 10.1 Å². The van der Waals surface area contributed by atoms with Crippen molar-refractivity contribution >= 4 is 0 Å². The van der Waals surface area contributed by atoms with Gasteiger partial charge in [-0.1, -0.05) is 32.9 Å². The Bertz CT molecular complexity index is 387. The van der Waals surface area contributed by atoms with Gasteiger partial charge in [-0.2, -0.15) is 0 Å². The van der Waals surface area contributed by atoms with Crippen molar-refractivity contribution in [2.75, 3.05) is 6.54 Å². The standard InChI is InChI=1S/C15H22F3NO/c1-4-19-14(11(2)3)10-7-12-5-8-13(9-6-12)20-15(16,17)18/h5-6,8-9,11,14,19H,4,7,10H2,1-3H3. The number of ether oxygens (including phenoxy) is 1. The number of hydrogen-bond donors (Lipinski definition) is 1. The van der Waals surface area contributed by atoms with Crippen molar-refractivity contribution in [3.05, 3.63) is 29.8 Å². The normalized spacial score (nSPS) is 13.6. The Morgan fingerprint density at radius 3 is 2.20 bits per heavy atom. The molecule has 1 aromatic rings. The number of halogens is 3. The molecule has 0 aliphatic heterocycles. The van der Waals surface area contributed by atoms with E-state index in [1.54, 1.807) is 12.1 Å². The highest BCUT2D eigenvalue weighted by Crippen LogP contribution is 2.23. The predicted molar refractivity (Wildman–Crippen MR) is 73.7 cm³/mol. The number of benzene rings is 1. The van der Waals surface area contributed by atoms with Crippen LogP contribution in [0.4, 0.5) is 13.2 Å². The Labute approximate surface area is 118 Å². The highest BCUT2D eigenvalue weighted by molar-refractivity contribution is 5.27. The fourth-order valence-electron chi connectivity index (χ4n) is 2.11. The largest absolute Gasteiger partial charge is 0.573 e. The van der Waals surface area contributed by atoms with E-state index in [0.29, 0.717) is 12.0 Å². The smallest absolute Gasteiger partial charge is 0.406 e. The van der Waals surface area contributed by atoms with Gasteiger partial charge in [0.2, 0.25) is 0 Å². The third-order valence-corrected chi connectivity index (χ3v) is 3.17. The molecular formula is C15H22F3NO. The maximum atomic E-state index is 12.0. The van der Waals surface area contributed by atoms with Gasteiger partial charge in [-0.3, -0.25) is 0 Å². The third kappa shape index (κ3) is 6.28. The molecule has 1 unspecified atom stereocenters. The Morgan fingerprint density at radius 2 is 1.75 bits per heavy atom. The SMILES string of the molecule is CCNC(CCc1ccc(OC(F)(F)F)cc1)C(C)C. The van der Waals surface area contributed by atoms with E-state index in [1.807, 2.05) is 0 Å². The van der Waals surface area contributed by atoms with E-state index in [2.05, 4.69) is 30.8 Å². The van der Waals surface area contributed by atoms with Crippen LogP contribution in [0, 0.1) is 5.92 Å². The monoisotopic (exact) mass is 289 g/mol. The Kier molecular flexibility index (Phi) is 6.33. The van der Waals surface area contributed by atoms with Crippen molar-refractivity contribution in [3.8, 4) is 5.75 Å². The van der Waals surface area contributed by atoms with Crippen LogP contribution in [0.3, 0.4) is 0 Å². The number of rotatable bonds is 7. The summed E-state index contributed by atoms with van der Waals surface area (Å²) in [5, 5.41) is 3.42. The van der Waals surface area contributed by atoms with Gasteiger partial charge in [-0.25, -0.2) is 0 Å². The zero-order valence-corrected chi connectivity index (χ0v) is 12.1. The molecule has 2 nitrogen and oxygen atoms in total. The number of hydrogen-bond acceptors (Lipinski definition) is 2. The molecule has 0 aliphatic rings. The molecular weight excluding hydrogens is 267 g/mol. The molecule has 0 saturated heterocycles. The Hall–Kier alpha value is -1.23. The molecule has 5 heteroatoms. The zero-order valence-electron chi connectivity index (χ0n) is 12.1. The average Bonchev–Trinajstić information content (AvgIpc) is 2.34. The first-order chi connectivity index (χ1) is 9.31. The van der Waals surface area contributed by atoms with Gasteiger partial charge in [0.25, 0.3) is 0 Å². The van der Waals surface area contributed by atoms with E-state index < -0.39 is 6.36 Å². The molecule has 0 aromatic heterocycles. The molecule has 0 radical (unpaired) electrons. The summed E-state index contributed by atoms with van der Waals surface area (Å²) in [5.74, 6) is 0.358. The summed E-state index contributed by atoms with van der Waals surface area (Å²) in [6.45, 7) is 7.31. The summed E-state index contributed by atoms with van der Waals surface area (Å²) in [4.78, 5) is 0. The average molecular weight is 289 g/mol. The van der Waals surface area contributed by atoms with Gasteiger partial charge in [0.15, 0.2) is 0 Å². The summed E-state index contributed by atoms with van der Waals surface area (Å²) < 4.78 is 40.0. The number of aryl methyl sites for hydroxylation is 1. The summed E-state index contributed by atoms with van der Waals surface area (Å²) in [7, 11) is 0. The molecule has 0 heterocycles. The van der Waals surface area contributed by atoms with Crippen molar-refractivity contribution in [2.45, 2.75) is 46.0 Å². The van der Waals surface area contributed by atoms with Crippen LogP contribution in [0.2, 0.25) is 0 Å². The maximum Gasteiger partial charge on any atom is 0.573 e. The zero-order chi connectivity index (χ0) is 15.2. The molecule has 0 spiro atoms. The maximum absolute atomic E-state index is 12.0. The van der Waals surface area contributed by atoms with Gasteiger partial charge in [0.1, 0.15) is 5.75 Å².